The lowest BCUT2D eigenvalue weighted by atomic mass is 10.1. The maximum absolute atomic E-state index is 13.0. The number of hydrogen-bond donors (Lipinski definition) is 1. The Balaban J connectivity index is 1.70. The lowest BCUT2D eigenvalue weighted by molar-refractivity contribution is 0.241. The van der Waals surface area contributed by atoms with E-state index in [0.717, 1.165) is 44.5 Å². The Morgan fingerprint density at radius 1 is 1.00 bits per heavy atom. The van der Waals surface area contributed by atoms with Crippen LogP contribution in [0.25, 0.3) is 0 Å². The molecule has 3 rings (SSSR count). The van der Waals surface area contributed by atoms with Crippen LogP contribution in [0.1, 0.15) is 18.4 Å². The predicted octanol–water partition coefficient (Wildman–Crippen LogP) is 2.81. The number of nitrogens with zero attached hydrogens (tertiary/aromatic N) is 1. The molecule has 6 heteroatoms. The van der Waals surface area contributed by atoms with E-state index in [4.69, 9.17) is 0 Å². The molecule has 0 saturated carbocycles. The number of sulfonamides is 1. The average Bonchev–Trinajstić information content (AvgIpc) is 3.14. The Hall–Kier alpha value is -1.76. The molecule has 1 fully saturated rings. The van der Waals surface area contributed by atoms with Crippen molar-refractivity contribution in [1.29, 1.82) is 0 Å². The zero-order valence-corrected chi connectivity index (χ0v) is 14.9. The van der Waals surface area contributed by atoms with Gasteiger partial charge >= 0.3 is 0 Å². The smallest absolute Gasteiger partial charge is 0.240 e. The molecule has 1 aliphatic heterocycles. The highest BCUT2D eigenvalue weighted by Gasteiger charge is 2.24. The van der Waals surface area contributed by atoms with E-state index in [1.165, 1.54) is 17.7 Å². The van der Waals surface area contributed by atoms with E-state index < -0.39 is 15.8 Å². The average molecular weight is 362 g/mol. The lowest BCUT2D eigenvalue weighted by Gasteiger charge is -2.28. The van der Waals surface area contributed by atoms with Gasteiger partial charge in [0.2, 0.25) is 10.0 Å². The fraction of sp³-hybridized carbons (Fsp3) is 0.368. The third-order valence-corrected chi connectivity index (χ3v) is 6.04. The summed E-state index contributed by atoms with van der Waals surface area (Å²) < 4.78 is 40.6. The molecule has 0 amide bonds. The van der Waals surface area contributed by atoms with Crippen molar-refractivity contribution in [2.75, 3.05) is 19.6 Å². The molecule has 134 valence electrons. The van der Waals surface area contributed by atoms with Crippen molar-refractivity contribution in [3.05, 3.63) is 66.0 Å². The van der Waals surface area contributed by atoms with E-state index in [-0.39, 0.29) is 10.9 Å². The number of nitrogens with one attached hydrogen (secondary N) is 1. The van der Waals surface area contributed by atoms with Crippen LogP contribution in [0.5, 0.6) is 0 Å². The number of benzene rings is 2. The third kappa shape index (κ3) is 4.87. The second-order valence-corrected chi connectivity index (χ2v) is 8.16. The van der Waals surface area contributed by atoms with Gasteiger partial charge in [-0.3, -0.25) is 4.90 Å². The van der Waals surface area contributed by atoms with Crippen molar-refractivity contribution in [2.24, 2.45) is 0 Å². The predicted molar refractivity (Wildman–Crippen MR) is 96.3 cm³/mol. The number of halogens is 1. The van der Waals surface area contributed by atoms with Crippen LogP contribution in [0.3, 0.4) is 0 Å². The summed E-state index contributed by atoms with van der Waals surface area (Å²) in [6, 6.07) is 15.1. The molecule has 0 bridgehead atoms. The highest BCUT2D eigenvalue weighted by Crippen LogP contribution is 2.17. The van der Waals surface area contributed by atoms with Crippen LogP contribution in [-0.2, 0) is 16.4 Å². The van der Waals surface area contributed by atoms with Crippen molar-refractivity contribution < 1.29 is 12.8 Å². The van der Waals surface area contributed by atoms with E-state index in [1.54, 1.807) is 0 Å². The van der Waals surface area contributed by atoms with Crippen LogP contribution in [0, 0.1) is 5.82 Å². The van der Waals surface area contributed by atoms with Gasteiger partial charge in [0, 0.05) is 12.6 Å². The molecular formula is C19H23FN2O2S. The molecule has 0 aliphatic carbocycles. The van der Waals surface area contributed by atoms with Crippen molar-refractivity contribution >= 4 is 10.0 Å². The Morgan fingerprint density at radius 2 is 1.64 bits per heavy atom. The zero-order valence-electron chi connectivity index (χ0n) is 14.1. The van der Waals surface area contributed by atoms with Crippen LogP contribution in [-0.4, -0.2) is 39.0 Å². The monoisotopic (exact) mass is 362 g/mol. The molecule has 2 aromatic carbocycles. The van der Waals surface area contributed by atoms with E-state index in [1.807, 2.05) is 18.2 Å². The second kappa shape index (κ2) is 8.08. The molecule has 1 heterocycles. The van der Waals surface area contributed by atoms with Gasteiger partial charge in [0.05, 0.1) is 4.90 Å². The first kappa shape index (κ1) is 18.0. The molecule has 25 heavy (non-hydrogen) atoms. The summed E-state index contributed by atoms with van der Waals surface area (Å²) in [6.45, 7) is 2.33. The minimum atomic E-state index is -3.64. The van der Waals surface area contributed by atoms with E-state index in [9.17, 15) is 12.8 Å². The quantitative estimate of drug-likeness (QED) is 0.824. The van der Waals surface area contributed by atoms with E-state index >= 15 is 0 Å². The maximum atomic E-state index is 13.0. The van der Waals surface area contributed by atoms with Gasteiger partial charge in [0.15, 0.2) is 0 Å². The number of likely N-dealkylation sites (tertiary alicyclic amines) is 1. The van der Waals surface area contributed by atoms with Crippen molar-refractivity contribution in [3.63, 3.8) is 0 Å². The lowest BCUT2D eigenvalue weighted by Crippen LogP contribution is -2.43. The number of hydrogen-bond acceptors (Lipinski definition) is 3. The highest BCUT2D eigenvalue weighted by molar-refractivity contribution is 7.89. The summed E-state index contributed by atoms with van der Waals surface area (Å²) in [7, 11) is -3.64. The van der Waals surface area contributed by atoms with Gasteiger partial charge < -0.3 is 0 Å². The first-order valence-corrected chi connectivity index (χ1v) is 10.1. The van der Waals surface area contributed by atoms with E-state index in [2.05, 4.69) is 21.8 Å². The largest absolute Gasteiger partial charge is 0.299 e. The summed E-state index contributed by atoms with van der Waals surface area (Å²) in [5.74, 6) is -0.446. The molecule has 1 aliphatic rings. The first-order valence-electron chi connectivity index (χ1n) is 8.58. The second-order valence-electron chi connectivity index (χ2n) is 6.39. The molecule has 0 radical (unpaired) electrons. The minimum Gasteiger partial charge on any atom is -0.299 e. The summed E-state index contributed by atoms with van der Waals surface area (Å²) in [6.07, 6.45) is 3.10. The minimum absolute atomic E-state index is 0.0915. The fourth-order valence-electron chi connectivity index (χ4n) is 3.23. The molecular weight excluding hydrogens is 339 g/mol. The summed E-state index contributed by atoms with van der Waals surface area (Å²) >= 11 is 0. The maximum Gasteiger partial charge on any atom is 0.240 e. The standard InChI is InChI=1S/C19H23FN2O2S/c20-17-8-10-19(11-9-17)25(23,24)21-15-18(22-12-4-5-13-22)14-16-6-2-1-3-7-16/h1-3,6-11,18,21H,4-5,12-15H2. The Bertz CT molecular complexity index is 773. The SMILES string of the molecule is O=S(=O)(NCC(Cc1ccccc1)N1CCCC1)c1ccc(F)cc1. The van der Waals surface area contributed by atoms with Crippen LogP contribution >= 0.6 is 0 Å². The zero-order chi connectivity index (χ0) is 17.7. The van der Waals surface area contributed by atoms with Gasteiger partial charge in [-0.15, -0.1) is 0 Å². The van der Waals surface area contributed by atoms with Crippen molar-refractivity contribution in [3.8, 4) is 0 Å². The van der Waals surface area contributed by atoms with Crippen LogP contribution in [0.4, 0.5) is 4.39 Å². The topological polar surface area (TPSA) is 49.4 Å². The van der Waals surface area contributed by atoms with E-state index in [0.29, 0.717) is 6.54 Å². The number of rotatable bonds is 7. The van der Waals surface area contributed by atoms with Gasteiger partial charge in [0.1, 0.15) is 5.82 Å². The molecule has 1 N–H and O–H groups in total. The van der Waals surface area contributed by atoms with Gasteiger partial charge in [-0.25, -0.2) is 17.5 Å². The molecule has 2 aromatic rings. The third-order valence-electron chi connectivity index (χ3n) is 4.60. The van der Waals surface area contributed by atoms with Gasteiger partial charge in [-0.2, -0.15) is 0 Å². The molecule has 0 aromatic heterocycles. The highest BCUT2D eigenvalue weighted by atomic mass is 32.2. The Labute approximate surface area is 148 Å². The van der Waals surface area contributed by atoms with Gasteiger partial charge in [-0.05, 0) is 62.2 Å². The summed E-state index contributed by atoms with van der Waals surface area (Å²) in [4.78, 5) is 2.44. The Kier molecular flexibility index (Phi) is 5.83. The van der Waals surface area contributed by atoms with Gasteiger partial charge in [0.25, 0.3) is 0 Å². The first-order chi connectivity index (χ1) is 12.0. The molecule has 1 saturated heterocycles. The van der Waals surface area contributed by atoms with Crippen LogP contribution in [0.2, 0.25) is 0 Å². The summed E-state index contributed by atoms with van der Waals surface area (Å²) in [5.41, 5.74) is 1.19. The normalized spacial score (nSPS) is 16.8. The van der Waals surface area contributed by atoms with Crippen LogP contribution in [0.15, 0.2) is 59.5 Å². The van der Waals surface area contributed by atoms with Gasteiger partial charge in [-0.1, -0.05) is 30.3 Å². The molecule has 0 spiro atoms. The van der Waals surface area contributed by atoms with Crippen LogP contribution < -0.4 is 4.72 Å². The summed E-state index contributed by atoms with van der Waals surface area (Å²) in [5, 5.41) is 0. The van der Waals surface area contributed by atoms with Crippen molar-refractivity contribution in [1.82, 2.24) is 9.62 Å². The fourth-order valence-corrected chi connectivity index (χ4v) is 4.30. The Morgan fingerprint density at radius 3 is 2.28 bits per heavy atom. The van der Waals surface area contributed by atoms with Crippen molar-refractivity contribution in [2.45, 2.75) is 30.2 Å². The molecule has 1 atom stereocenters. The molecule has 4 nitrogen and oxygen atoms in total. The molecule has 1 unspecified atom stereocenters.